The lowest BCUT2D eigenvalue weighted by molar-refractivity contribution is -0.121. The average molecular weight is 307 g/mol. The maximum Gasteiger partial charge on any atom is 0.221 e. The molecule has 1 aromatic rings. The summed E-state index contributed by atoms with van der Waals surface area (Å²) >= 11 is 0. The predicted octanol–water partition coefficient (Wildman–Crippen LogP) is 1.01. The second kappa shape index (κ2) is 7.89. The van der Waals surface area contributed by atoms with Gasteiger partial charge in [0.15, 0.2) is 0 Å². The van der Waals surface area contributed by atoms with Gasteiger partial charge in [0.2, 0.25) is 5.91 Å². The molecule has 0 bridgehead atoms. The maximum atomic E-state index is 11.8. The second-order valence-corrected chi connectivity index (χ2v) is 5.42. The summed E-state index contributed by atoms with van der Waals surface area (Å²) in [5.41, 5.74) is 1.06. The van der Waals surface area contributed by atoms with Gasteiger partial charge in [0, 0.05) is 56.0 Å². The molecule has 1 atom stereocenters. The van der Waals surface area contributed by atoms with Crippen molar-refractivity contribution in [2.24, 2.45) is 0 Å². The van der Waals surface area contributed by atoms with Crippen LogP contribution in [0, 0.1) is 0 Å². The zero-order valence-corrected chi connectivity index (χ0v) is 13.5. The van der Waals surface area contributed by atoms with Crippen LogP contribution in [-0.2, 0) is 4.79 Å². The molecule has 1 saturated heterocycles. The van der Waals surface area contributed by atoms with E-state index in [1.807, 2.05) is 25.2 Å². The van der Waals surface area contributed by atoms with Crippen LogP contribution in [0.5, 0.6) is 11.5 Å². The van der Waals surface area contributed by atoms with Gasteiger partial charge in [-0.15, -0.1) is 0 Å². The summed E-state index contributed by atoms with van der Waals surface area (Å²) in [7, 11) is 5.14. The summed E-state index contributed by atoms with van der Waals surface area (Å²) in [4.78, 5) is 14.0. The number of amides is 1. The molecule has 1 aromatic carbocycles. The molecule has 1 heterocycles. The molecule has 2 N–H and O–H groups in total. The minimum absolute atomic E-state index is 0.101. The average Bonchev–Trinajstić information content (AvgIpc) is 3.00. The van der Waals surface area contributed by atoms with Crippen LogP contribution in [0.3, 0.4) is 0 Å². The number of nitrogens with one attached hydrogen (secondary N) is 2. The lowest BCUT2D eigenvalue weighted by Gasteiger charge is -2.20. The predicted molar refractivity (Wildman–Crippen MR) is 86.9 cm³/mol. The van der Waals surface area contributed by atoms with Crippen LogP contribution in [0.4, 0.5) is 5.69 Å². The van der Waals surface area contributed by atoms with Crippen molar-refractivity contribution in [1.29, 1.82) is 0 Å². The molecule has 0 spiro atoms. The molecule has 1 aliphatic rings. The van der Waals surface area contributed by atoms with E-state index < -0.39 is 0 Å². The van der Waals surface area contributed by atoms with Gasteiger partial charge in [-0.3, -0.25) is 4.79 Å². The van der Waals surface area contributed by atoms with Crippen LogP contribution >= 0.6 is 0 Å². The van der Waals surface area contributed by atoms with E-state index in [0.29, 0.717) is 13.0 Å². The largest absolute Gasteiger partial charge is 0.497 e. The zero-order valence-electron chi connectivity index (χ0n) is 13.5. The lowest BCUT2D eigenvalue weighted by Crippen LogP contribution is -2.38. The standard InChI is InChI=1S/C16H25N3O3/c1-17-6-4-16(20)18-12-5-7-19(11-12)13-8-14(21-2)10-15(9-13)22-3/h8-10,12,17H,4-7,11H2,1-3H3,(H,18,20). The highest BCUT2D eigenvalue weighted by molar-refractivity contribution is 5.76. The van der Waals surface area contributed by atoms with Crippen LogP contribution in [0.25, 0.3) is 0 Å². The first-order valence-electron chi connectivity index (χ1n) is 7.58. The van der Waals surface area contributed by atoms with Gasteiger partial charge >= 0.3 is 0 Å². The lowest BCUT2D eigenvalue weighted by atomic mass is 10.2. The van der Waals surface area contributed by atoms with Gasteiger partial charge in [-0.2, -0.15) is 0 Å². The molecule has 1 unspecified atom stereocenters. The number of anilines is 1. The van der Waals surface area contributed by atoms with Crippen LogP contribution < -0.4 is 25.0 Å². The molecule has 2 rings (SSSR count). The van der Waals surface area contributed by atoms with Crippen molar-refractivity contribution in [2.75, 3.05) is 45.8 Å². The van der Waals surface area contributed by atoms with Crippen LogP contribution in [0.15, 0.2) is 18.2 Å². The fraction of sp³-hybridized carbons (Fsp3) is 0.562. The summed E-state index contributed by atoms with van der Waals surface area (Å²) in [5.74, 6) is 1.65. The summed E-state index contributed by atoms with van der Waals surface area (Å²) < 4.78 is 10.6. The van der Waals surface area contributed by atoms with E-state index in [4.69, 9.17) is 9.47 Å². The molecule has 0 aromatic heterocycles. The number of benzene rings is 1. The number of rotatable bonds is 7. The molecule has 0 aliphatic carbocycles. The molecule has 1 fully saturated rings. The second-order valence-electron chi connectivity index (χ2n) is 5.42. The monoisotopic (exact) mass is 307 g/mol. The van der Waals surface area contributed by atoms with Crippen molar-refractivity contribution >= 4 is 11.6 Å². The van der Waals surface area contributed by atoms with Crippen LogP contribution in [0.1, 0.15) is 12.8 Å². The third-order valence-electron chi connectivity index (χ3n) is 3.86. The van der Waals surface area contributed by atoms with E-state index >= 15 is 0 Å². The Morgan fingerprint density at radius 3 is 2.55 bits per heavy atom. The van der Waals surface area contributed by atoms with Crippen LogP contribution in [0.2, 0.25) is 0 Å². The molecule has 1 amide bonds. The van der Waals surface area contributed by atoms with Crippen molar-refractivity contribution in [3.8, 4) is 11.5 Å². The first-order valence-corrected chi connectivity index (χ1v) is 7.58. The van der Waals surface area contributed by atoms with E-state index in [1.165, 1.54) is 0 Å². The zero-order chi connectivity index (χ0) is 15.9. The fourth-order valence-electron chi connectivity index (χ4n) is 2.63. The molecule has 122 valence electrons. The van der Waals surface area contributed by atoms with E-state index in [1.54, 1.807) is 14.2 Å². The van der Waals surface area contributed by atoms with Crippen molar-refractivity contribution in [1.82, 2.24) is 10.6 Å². The number of carbonyl (C=O) groups excluding carboxylic acids is 1. The molecule has 1 aliphatic heterocycles. The number of nitrogens with zero attached hydrogens (tertiary/aromatic N) is 1. The Hall–Kier alpha value is -1.95. The Morgan fingerprint density at radius 1 is 1.27 bits per heavy atom. The Morgan fingerprint density at radius 2 is 1.95 bits per heavy atom. The molecule has 0 radical (unpaired) electrons. The van der Waals surface area contributed by atoms with E-state index in [0.717, 1.165) is 36.7 Å². The smallest absolute Gasteiger partial charge is 0.221 e. The third-order valence-corrected chi connectivity index (χ3v) is 3.86. The molecule has 0 saturated carbocycles. The van der Waals surface area contributed by atoms with E-state index in [-0.39, 0.29) is 11.9 Å². The van der Waals surface area contributed by atoms with Crippen molar-refractivity contribution in [3.63, 3.8) is 0 Å². The van der Waals surface area contributed by atoms with Gasteiger partial charge < -0.3 is 25.0 Å². The summed E-state index contributed by atoms with van der Waals surface area (Å²) in [5, 5.41) is 6.07. The van der Waals surface area contributed by atoms with E-state index in [2.05, 4.69) is 15.5 Å². The van der Waals surface area contributed by atoms with Crippen molar-refractivity contribution in [3.05, 3.63) is 18.2 Å². The van der Waals surface area contributed by atoms with Gasteiger partial charge in [0.05, 0.1) is 14.2 Å². The Balaban J connectivity index is 1.96. The molecule has 22 heavy (non-hydrogen) atoms. The molecule has 6 nitrogen and oxygen atoms in total. The highest BCUT2D eigenvalue weighted by Gasteiger charge is 2.24. The quantitative estimate of drug-likeness (QED) is 0.787. The Labute approximate surface area is 131 Å². The van der Waals surface area contributed by atoms with Gasteiger partial charge in [-0.05, 0) is 13.5 Å². The van der Waals surface area contributed by atoms with Gasteiger partial charge in [0.1, 0.15) is 11.5 Å². The minimum Gasteiger partial charge on any atom is -0.497 e. The van der Waals surface area contributed by atoms with Gasteiger partial charge in [-0.1, -0.05) is 0 Å². The topological polar surface area (TPSA) is 62.8 Å². The highest BCUT2D eigenvalue weighted by Crippen LogP contribution is 2.30. The molecular formula is C16H25N3O3. The summed E-state index contributed by atoms with van der Waals surface area (Å²) in [6, 6.07) is 6.04. The third kappa shape index (κ3) is 4.27. The SMILES string of the molecule is CNCCC(=O)NC1CCN(c2cc(OC)cc(OC)c2)C1. The number of ether oxygens (including phenoxy) is 2. The Kier molecular flexibility index (Phi) is 5.89. The summed E-state index contributed by atoms with van der Waals surface area (Å²) in [6.45, 7) is 2.42. The van der Waals surface area contributed by atoms with Gasteiger partial charge in [0.25, 0.3) is 0 Å². The minimum atomic E-state index is 0.101. The van der Waals surface area contributed by atoms with Crippen molar-refractivity contribution in [2.45, 2.75) is 18.9 Å². The fourth-order valence-corrected chi connectivity index (χ4v) is 2.63. The van der Waals surface area contributed by atoms with E-state index in [9.17, 15) is 4.79 Å². The van der Waals surface area contributed by atoms with Crippen LogP contribution in [-0.4, -0.2) is 52.9 Å². The first-order chi connectivity index (χ1) is 10.7. The first kappa shape index (κ1) is 16.4. The number of hydrogen-bond donors (Lipinski definition) is 2. The number of methoxy groups -OCH3 is 2. The summed E-state index contributed by atoms with van der Waals surface area (Å²) in [6.07, 6.45) is 1.46. The van der Waals surface area contributed by atoms with Crippen molar-refractivity contribution < 1.29 is 14.3 Å². The molecular weight excluding hydrogens is 282 g/mol. The highest BCUT2D eigenvalue weighted by atomic mass is 16.5. The number of carbonyl (C=O) groups is 1. The van der Waals surface area contributed by atoms with Gasteiger partial charge in [-0.25, -0.2) is 0 Å². The molecule has 6 heteroatoms. The normalized spacial score (nSPS) is 17.4. The maximum absolute atomic E-state index is 11.8. The Bertz CT molecular complexity index is 485. The number of hydrogen-bond acceptors (Lipinski definition) is 5.